The van der Waals surface area contributed by atoms with Gasteiger partial charge in [0.1, 0.15) is 5.78 Å². The third-order valence-corrected chi connectivity index (χ3v) is 12.2. The third-order valence-electron chi connectivity index (χ3n) is 11.9. The Morgan fingerprint density at radius 1 is 0.949 bits per heavy atom. The number of rotatable bonds is 6. The van der Waals surface area contributed by atoms with E-state index in [1.165, 1.54) is 17.6 Å². The monoisotopic (exact) mass is 546 g/mol. The van der Waals surface area contributed by atoms with Gasteiger partial charge in [0.2, 0.25) is 0 Å². The molecule has 1 N–H and O–H groups in total. The number of fused-ring (bicyclic) bond motifs is 5. The molecule has 7 atom stereocenters. The van der Waals surface area contributed by atoms with Crippen molar-refractivity contribution in [3.05, 3.63) is 82.4 Å². The van der Waals surface area contributed by atoms with Gasteiger partial charge in [0.05, 0.1) is 6.61 Å². The molecule has 0 heterocycles. The highest BCUT2D eigenvalue weighted by molar-refractivity contribution is 6.30. The first-order valence-electron chi connectivity index (χ1n) is 14.9. The van der Waals surface area contributed by atoms with Gasteiger partial charge in [0.15, 0.2) is 5.79 Å². The Labute approximate surface area is 239 Å². The molecule has 0 bridgehead atoms. The zero-order chi connectivity index (χ0) is 27.5. The second-order valence-corrected chi connectivity index (χ2v) is 14.0. The molecule has 2 aromatic carbocycles. The maximum absolute atomic E-state index is 13.5. The lowest BCUT2D eigenvalue weighted by Gasteiger charge is -2.60. The van der Waals surface area contributed by atoms with E-state index in [2.05, 4.69) is 50.3 Å². The Balaban J connectivity index is 1.22. The summed E-state index contributed by atoms with van der Waals surface area (Å²) in [6, 6.07) is 18.3. The summed E-state index contributed by atoms with van der Waals surface area (Å²) in [5.74, 6) is 1.05. The van der Waals surface area contributed by atoms with Gasteiger partial charge in [-0.15, -0.1) is 0 Å². The molecule has 3 nitrogen and oxygen atoms in total. The highest BCUT2D eigenvalue weighted by Gasteiger charge is 2.65. The SMILES string of the molecule is CC(=O)[C@@]1(Cc2ccccc2)CC[C@H]2[C@@H]3CC=C4CC(O)(OCc5ccc(Cl)cc5)CC[C@]4(C)[C@H]3CC[C@@]21C. The smallest absolute Gasteiger partial charge is 0.169 e. The van der Waals surface area contributed by atoms with Crippen molar-refractivity contribution < 1.29 is 14.6 Å². The first-order chi connectivity index (χ1) is 18.6. The van der Waals surface area contributed by atoms with Crippen LogP contribution in [0.2, 0.25) is 5.02 Å². The number of benzene rings is 2. The molecular weight excluding hydrogens is 504 g/mol. The van der Waals surface area contributed by atoms with Gasteiger partial charge in [0, 0.05) is 23.3 Å². The van der Waals surface area contributed by atoms with Crippen LogP contribution in [0.15, 0.2) is 66.2 Å². The van der Waals surface area contributed by atoms with E-state index in [9.17, 15) is 9.90 Å². The summed E-state index contributed by atoms with van der Waals surface area (Å²) < 4.78 is 6.16. The summed E-state index contributed by atoms with van der Waals surface area (Å²) >= 11 is 6.03. The Bertz CT molecular complexity index is 1250. The number of carbonyl (C=O) groups excluding carboxylic acids is 1. The minimum Gasteiger partial charge on any atom is -0.365 e. The van der Waals surface area contributed by atoms with Crippen molar-refractivity contribution in [2.75, 3.05) is 0 Å². The van der Waals surface area contributed by atoms with Crippen LogP contribution in [0.25, 0.3) is 0 Å². The molecular formula is C35H43ClO3. The van der Waals surface area contributed by atoms with Crippen LogP contribution in [-0.4, -0.2) is 16.7 Å². The van der Waals surface area contributed by atoms with Gasteiger partial charge in [-0.1, -0.05) is 79.6 Å². The van der Waals surface area contributed by atoms with Gasteiger partial charge >= 0.3 is 0 Å². The molecule has 3 fully saturated rings. The predicted molar refractivity (Wildman–Crippen MR) is 156 cm³/mol. The number of hydrogen-bond donors (Lipinski definition) is 1. The molecule has 0 aromatic heterocycles. The molecule has 0 saturated heterocycles. The third kappa shape index (κ3) is 4.44. The van der Waals surface area contributed by atoms with Crippen molar-refractivity contribution in [3.8, 4) is 0 Å². The number of ketones is 1. The van der Waals surface area contributed by atoms with E-state index in [0.29, 0.717) is 48.0 Å². The van der Waals surface area contributed by atoms with Crippen molar-refractivity contribution in [3.63, 3.8) is 0 Å². The fraction of sp³-hybridized carbons (Fsp3) is 0.571. The zero-order valence-corrected chi connectivity index (χ0v) is 24.5. The molecule has 4 aliphatic rings. The van der Waals surface area contributed by atoms with E-state index in [1.807, 2.05) is 31.2 Å². The van der Waals surface area contributed by atoms with E-state index in [0.717, 1.165) is 44.1 Å². The first-order valence-corrected chi connectivity index (χ1v) is 15.3. The van der Waals surface area contributed by atoms with Gasteiger partial charge < -0.3 is 9.84 Å². The number of Topliss-reactive ketones (excluding diaryl/α,β-unsaturated/α-hetero) is 1. The second kappa shape index (κ2) is 9.86. The Kier molecular flexibility index (Phi) is 6.88. The molecule has 0 spiro atoms. The highest BCUT2D eigenvalue weighted by Crippen LogP contribution is 2.70. The number of halogens is 1. The summed E-state index contributed by atoms with van der Waals surface area (Å²) in [7, 11) is 0. The normalized spacial score (nSPS) is 39.3. The lowest BCUT2D eigenvalue weighted by atomic mass is 9.44. The molecule has 208 valence electrons. The van der Waals surface area contributed by atoms with Gasteiger partial charge in [-0.3, -0.25) is 4.79 Å². The van der Waals surface area contributed by atoms with Crippen LogP contribution in [0.1, 0.15) is 83.3 Å². The molecule has 0 amide bonds. The topological polar surface area (TPSA) is 46.5 Å². The average Bonchev–Trinajstić information content (AvgIpc) is 3.23. The van der Waals surface area contributed by atoms with Gasteiger partial charge in [-0.2, -0.15) is 0 Å². The maximum Gasteiger partial charge on any atom is 0.169 e. The van der Waals surface area contributed by atoms with Crippen molar-refractivity contribution in [2.24, 2.45) is 34.0 Å². The van der Waals surface area contributed by atoms with E-state index in [1.54, 1.807) is 0 Å². The van der Waals surface area contributed by atoms with Crippen LogP contribution in [0, 0.1) is 34.0 Å². The average molecular weight is 547 g/mol. The van der Waals surface area contributed by atoms with Crippen LogP contribution >= 0.6 is 11.6 Å². The van der Waals surface area contributed by atoms with Crippen molar-refractivity contribution in [1.29, 1.82) is 0 Å². The Morgan fingerprint density at radius 2 is 1.67 bits per heavy atom. The van der Waals surface area contributed by atoms with Gasteiger partial charge in [0.25, 0.3) is 0 Å². The number of carbonyl (C=O) groups is 1. The first kappa shape index (κ1) is 27.2. The van der Waals surface area contributed by atoms with E-state index in [4.69, 9.17) is 16.3 Å². The van der Waals surface area contributed by atoms with Crippen LogP contribution in [0.3, 0.4) is 0 Å². The van der Waals surface area contributed by atoms with Crippen LogP contribution in [0.4, 0.5) is 0 Å². The number of aliphatic hydroxyl groups is 1. The summed E-state index contributed by atoms with van der Waals surface area (Å²) in [5, 5.41) is 12.2. The highest BCUT2D eigenvalue weighted by atomic mass is 35.5. The summed E-state index contributed by atoms with van der Waals surface area (Å²) in [4.78, 5) is 13.5. The molecule has 4 aliphatic carbocycles. The van der Waals surface area contributed by atoms with Crippen molar-refractivity contribution >= 4 is 17.4 Å². The fourth-order valence-corrected chi connectivity index (χ4v) is 9.74. The molecule has 3 saturated carbocycles. The van der Waals surface area contributed by atoms with Gasteiger partial charge in [-0.25, -0.2) is 0 Å². The number of hydrogen-bond acceptors (Lipinski definition) is 3. The zero-order valence-electron chi connectivity index (χ0n) is 23.7. The Hall–Kier alpha value is -1.94. The quantitative estimate of drug-likeness (QED) is 0.292. The molecule has 2 aromatic rings. The van der Waals surface area contributed by atoms with Crippen LogP contribution in [0.5, 0.6) is 0 Å². The molecule has 0 radical (unpaired) electrons. The molecule has 39 heavy (non-hydrogen) atoms. The molecule has 6 rings (SSSR count). The van der Waals surface area contributed by atoms with Crippen LogP contribution < -0.4 is 0 Å². The van der Waals surface area contributed by atoms with Gasteiger partial charge in [-0.05, 0) is 104 Å². The molecule has 0 aliphatic heterocycles. The number of allylic oxidation sites excluding steroid dienone is 1. The minimum atomic E-state index is -1.12. The van der Waals surface area contributed by atoms with Crippen LogP contribution in [-0.2, 0) is 22.6 Å². The lowest BCUT2D eigenvalue weighted by Crippen LogP contribution is -2.55. The van der Waals surface area contributed by atoms with Crippen molar-refractivity contribution in [1.82, 2.24) is 0 Å². The summed E-state index contributed by atoms with van der Waals surface area (Å²) in [6.07, 6.45) is 11.0. The predicted octanol–water partition coefficient (Wildman–Crippen LogP) is 8.33. The molecule has 1 unspecified atom stereocenters. The van der Waals surface area contributed by atoms with E-state index < -0.39 is 5.79 Å². The standard InChI is InChI=1S/C35H43ClO3/c1-24(37)34(21-25-7-5-4-6-8-25)18-16-31-29-14-11-27-22-35(38,39-23-26-9-12-28(36)13-10-26)20-19-32(27,2)30(29)15-17-33(31,34)3/h4-13,29-31,38H,14-23H2,1-3H3/t29-,30+,31+,32+,33+,34+,35?/m1/s1. The summed E-state index contributed by atoms with van der Waals surface area (Å²) in [6.45, 7) is 7.15. The lowest BCUT2D eigenvalue weighted by molar-refractivity contribution is -0.231. The largest absolute Gasteiger partial charge is 0.365 e. The maximum atomic E-state index is 13.5. The summed E-state index contributed by atoms with van der Waals surface area (Å²) in [5.41, 5.74) is 3.57. The van der Waals surface area contributed by atoms with E-state index in [-0.39, 0.29) is 16.2 Å². The van der Waals surface area contributed by atoms with Crippen molar-refractivity contribution in [2.45, 2.75) is 91.0 Å². The second-order valence-electron chi connectivity index (χ2n) is 13.6. The molecule has 4 heteroatoms. The Morgan fingerprint density at radius 3 is 2.38 bits per heavy atom. The minimum absolute atomic E-state index is 0.0363. The van der Waals surface area contributed by atoms with E-state index >= 15 is 0 Å². The fourth-order valence-electron chi connectivity index (χ4n) is 9.61. The number of ether oxygens (including phenoxy) is 1.